The van der Waals surface area contributed by atoms with E-state index in [1.807, 2.05) is 6.07 Å². The number of benzene rings is 2. The highest BCUT2D eigenvalue weighted by Crippen LogP contribution is 2.32. The lowest BCUT2D eigenvalue weighted by Gasteiger charge is -2.14. The van der Waals surface area contributed by atoms with Gasteiger partial charge in [-0.25, -0.2) is 0 Å². The minimum atomic E-state index is -0.518. The number of nitro groups is 1. The first-order valence-corrected chi connectivity index (χ1v) is 9.12. The zero-order chi connectivity index (χ0) is 21.1. The number of anilines is 1. The van der Waals surface area contributed by atoms with E-state index in [-0.39, 0.29) is 23.5 Å². The van der Waals surface area contributed by atoms with E-state index in [9.17, 15) is 19.7 Å². The number of nitrogens with zero attached hydrogens (tertiary/aromatic N) is 3. The number of nitrogens with one attached hydrogen (secondary N) is 1. The SMILES string of the molecule is O=C1C(Nc2ccccc2)=C(c2ccc([N+](=O)[O-])cc2)C(=O)N1Cc1ccccn1. The van der Waals surface area contributed by atoms with E-state index in [1.165, 1.54) is 24.3 Å². The maximum atomic E-state index is 13.2. The quantitative estimate of drug-likeness (QED) is 0.386. The van der Waals surface area contributed by atoms with Crippen molar-refractivity contribution in [2.45, 2.75) is 6.54 Å². The highest BCUT2D eigenvalue weighted by Gasteiger charge is 2.39. The molecule has 4 rings (SSSR count). The summed E-state index contributed by atoms with van der Waals surface area (Å²) in [6.07, 6.45) is 1.59. The molecule has 1 N–H and O–H groups in total. The number of rotatable bonds is 6. The van der Waals surface area contributed by atoms with Crippen molar-refractivity contribution in [3.05, 3.63) is 106 Å². The smallest absolute Gasteiger partial charge is 0.278 e. The Morgan fingerprint density at radius 3 is 2.23 bits per heavy atom. The molecule has 0 saturated heterocycles. The molecular formula is C22H16N4O4. The van der Waals surface area contributed by atoms with Gasteiger partial charge in [0.1, 0.15) is 5.70 Å². The Morgan fingerprint density at radius 1 is 0.900 bits per heavy atom. The van der Waals surface area contributed by atoms with Crippen molar-refractivity contribution in [3.63, 3.8) is 0 Å². The van der Waals surface area contributed by atoms with Crippen molar-refractivity contribution >= 4 is 28.8 Å². The minimum absolute atomic E-state index is 0.0228. The topological polar surface area (TPSA) is 105 Å². The first-order valence-electron chi connectivity index (χ1n) is 9.12. The van der Waals surface area contributed by atoms with Crippen LogP contribution in [0.4, 0.5) is 11.4 Å². The average molecular weight is 400 g/mol. The molecule has 2 heterocycles. The van der Waals surface area contributed by atoms with E-state index in [1.54, 1.807) is 48.7 Å². The van der Waals surface area contributed by atoms with Gasteiger partial charge in [-0.2, -0.15) is 0 Å². The van der Waals surface area contributed by atoms with Crippen LogP contribution in [0, 0.1) is 10.1 Å². The summed E-state index contributed by atoms with van der Waals surface area (Å²) in [6.45, 7) is 0.0228. The first-order chi connectivity index (χ1) is 14.5. The van der Waals surface area contributed by atoms with Crippen molar-refractivity contribution in [1.29, 1.82) is 0 Å². The Hall–Kier alpha value is -4.33. The van der Waals surface area contributed by atoms with Crippen molar-refractivity contribution in [1.82, 2.24) is 9.88 Å². The van der Waals surface area contributed by atoms with Crippen molar-refractivity contribution in [3.8, 4) is 0 Å². The van der Waals surface area contributed by atoms with Crippen LogP contribution < -0.4 is 5.32 Å². The van der Waals surface area contributed by atoms with Crippen molar-refractivity contribution in [2.75, 3.05) is 5.32 Å². The zero-order valence-corrected chi connectivity index (χ0v) is 15.7. The van der Waals surface area contributed by atoms with Crippen LogP contribution in [0.1, 0.15) is 11.3 Å². The molecule has 2 aromatic carbocycles. The Kier molecular flexibility index (Phi) is 5.04. The Bertz CT molecular complexity index is 1140. The summed E-state index contributed by atoms with van der Waals surface area (Å²) >= 11 is 0. The summed E-state index contributed by atoms with van der Waals surface area (Å²) in [5.74, 6) is -0.971. The van der Waals surface area contributed by atoms with E-state index in [4.69, 9.17) is 0 Å². The van der Waals surface area contributed by atoms with E-state index < -0.39 is 16.7 Å². The van der Waals surface area contributed by atoms with E-state index in [2.05, 4.69) is 10.3 Å². The third kappa shape index (κ3) is 3.66. The Morgan fingerprint density at radius 2 is 1.60 bits per heavy atom. The number of carbonyl (C=O) groups excluding carboxylic acids is 2. The van der Waals surface area contributed by atoms with Gasteiger partial charge in [-0.05, 0) is 42.0 Å². The monoisotopic (exact) mass is 400 g/mol. The summed E-state index contributed by atoms with van der Waals surface area (Å²) in [6, 6.07) is 19.8. The van der Waals surface area contributed by atoms with Gasteiger partial charge in [-0.3, -0.25) is 29.6 Å². The molecule has 0 radical (unpaired) electrons. The second kappa shape index (κ2) is 7.96. The number of aromatic nitrogens is 1. The molecule has 30 heavy (non-hydrogen) atoms. The lowest BCUT2D eigenvalue weighted by molar-refractivity contribution is -0.384. The number of pyridine rings is 1. The molecule has 148 valence electrons. The van der Waals surface area contributed by atoms with Gasteiger partial charge >= 0.3 is 0 Å². The number of hydrogen-bond acceptors (Lipinski definition) is 6. The molecule has 0 aliphatic carbocycles. The summed E-state index contributed by atoms with van der Waals surface area (Å²) in [7, 11) is 0. The summed E-state index contributed by atoms with van der Waals surface area (Å²) in [4.78, 5) is 42.1. The maximum absolute atomic E-state index is 13.2. The van der Waals surface area contributed by atoms with Crippen molar-refractivity contribution < 1.29 is 14.5 Å². The van der Waals surface area contributed by atoms with E-state index in [0.29, 0.717) is 16.9 Å². The molecule has 0 fully saturated rings. The third-order valence-electron chi connectivity index (χ3n) is 4.62. The number of amides is 2. The first kappa shape index (κ1) is 19.0. The van der Waals surface area contributed by atoms with Gasteiger partial charge in [-0.1, -0.05) is 24.3 Å². The van der Waals surface area contributed by atoms with Crippen molar-refractivity contribution in [2.24, 2.45) is 0 Å². The summed E-state index contributed by atoms with van der Waals surface area (Å²) in [5.41, 5.74) is 1.82. The fourth-order valence-corrected chi connectivity index (χ4v) is 3.17. The maximum Gasteiger partial charge on any atom is 0.278 e. The fourth-order valence-electron chi connectivity index (χ4n) is 3.17. The summed E-state index contributed by atoms with van der Waals surface area (Å²) < 4.78 is 0. The predicted molar refractivity (Wildman–Crippen MR) is 110 cm³/mol. The molecule has 1 aliphatic rings. The van der Waals surface area contributed by atoms with Gasteiger partial charge < -0.3 is 5.32 Å². The molecule has 8 heteroatoms. The van der Waals surface area contributed by atoms with Crippen LogP contribution in [0.2, 0.25) is 0 Å². The summed E-state index contributed by atoms with van der Waals surface area (Å²) in [5, 5.41) is 14.0. The van der Waals surface area contributed by atoms with Gasteiger partial charge in [-0.15, -0.1) is 0 Å². The van der Waals surface area contributed by atoms with Crippen LogP contribution in [-0.4, -0.2) is 26.6 Å². The molecule has 0 saturated carbocycles. The fraction of sp³-hybridized carbons (Fsp3) is 0.0455. The lowest BCUT2D eigenvalue weighted by atomic mass is 10.0. The van der Waals surface area contributed by atoms with Gasteiger partial charge in [0.25, 0.3) is 17.5 Å². The molecule has 3 aromatic rings. The predicted octanol–water partition coefficient (Wildman–Crippen LogP) is 3.38. The highest BCUT2D eigenvalue weighted by molar-refractivity contribution is 6.36. The van der Waals surface area contributed by atoms with E-state index in [0.717, 1.165) is 4.90 Å². The second-order valence-electron chi connectivity index (χ2n) is 6.56. The zero-order valence-electron chi connectivity index (χ0n) is 15.7. The molecule has 0 bridgehead atoms. The Labute approximate surface area is 171 Å². The van der Waals surface area contributed by atoms with Gasteiger partial charge in [0.15, 0.2) is 0 Å². The standard InChI is InChI=1S/C22H16N4O4/c27-21-19(15-9-11-18(12-10-15)26(29)30)20(24-16-6-2-1-3-7-16)22(28)25(21)14-17-8-4-5-13-23-17/h1-13,24H,14H2. The molecule has 0 atom stereocenters. The van der Waals surface area contributed by atoms with E-state index >= 15 is 0 Å². The number of nitro benzene ring substituents is 1. The molecule has 1 aliphatic heterocycles. The highest BCUT2D eigenvalue weighted by atomic mass is 16.6. The Balaban J connectivity index is 1.74. The van der Waals surface area contributed by atoms with Crippen LogP contribution in [0.25, 0.3) is 5.57 Å². The van der Waals surface area contributed by atoms with Gasteiger partial charge in [0.2, 0.25) is 0 Å². The number of carbonyl (C=O) groups is 2. The molecular weight excluding hydrogens is 384 g/mol. The largest absolute Gasteiger partial charge is 0.350 e. The molecule has 8 nitrogen and oxygen atoms in total. The van der Waals surface area contributed by atoms with Crippen LogP contribution >= 0.6 is 0 Å². The number of para-hydroxylation sites is 1. The third-order valence-corrected chi connectivity index (χ3v) is 4.62. The number of hydrogen-bond donors (Lipinski definition) is 1. The van der Waals surface area contributed by atoms with Crippen LogP contribution in [0.3, 0.4) is 0 Å². The molecule has 0 unspecified atom stereocenters. The molecule has 0 spiro atoms. The van der Waals surface area contributed by atoms with Crippen LogP contribution in [0.5, 0.6) is 0 Å². The van der Waals surface area contributed by atoms with Gasteiger partial charge in [0, 0.05) is 24.0 Å². The van der Waals surface area contributed by atoms with Crippen LogP contribution in [-0.2, 0) is 16.1 Å². The number of non-ortho nitro benzene ring substituents is 1. The molecule has 2 amide bonds. The van der Waals surface area contributed by atoms with Crippen LogP contribution in [0.15, 0.2) is 84.7 Å². The molecule has 1 aromatic heterocycles. The minimum Gasteiger partial charge on any atom is -0.350 e. The number of imide groups is 1. The average Bonchev–Trinajstić information content (AvgIpc) is 2.99. The second-order valence-corrected chi connectivity index (χ2v) is 6.56. The van der Waals surface area contributed by atoms with Gasteiger partial charge in [0.05, 0.1) is 22.7 Å². The normalized spacial score (nSPS) is 13.7. The lowest BCUT2D eigenvalue weighted by Crippen LogP contribution is -2.32.